The van der Waals surface area contributed by atoms with E-state index in [2.05, 4.69) is 52.0 Å². The topological polar surface area (TPSA) is 66.0 Å². The molecule has 0 amide bonds. The summed E-state index contributed by atoms with van der Waals surface area (Å²) in [4.78, 5) is 4.03. The molecule has 0 spiro atoms. The first kappa shape index (κ1) is 15.0. The second-order valence-corrected chi connectivity index (χ2v) is 7.06. The Hall–Kier alpha value is -1.89. The van der Waals surface area contributed by atoms with Crippen molar-refractivity contribution in [3.63, 3.8) is 0 Å². The Balaban J connectivity index is 1.87. The molecule has 3 rings (SSSR count). The van der Waals surface area contributed by atoms with Gasteiger partial charge in [-0.2, -0.15) is 0 Å². The maximum Gasteiger partial charge on any atom is 0.232 e. The third-order valence-electron chi connectivity index (χ3n) is 3.05. The molecular weight excluding hydrogens is 348 g/mol. The summed E-state index contributed by atoms with van der Waals surface area (Å²) in [6, 6.07) is 3.87. The van der Waals surface area contributed by atoms with E-state index in [1.807, 2.05) is 16.8 Å². The van der Waals surface area contributed by atoms with E-state index < -0.39 is 0 Å². The molecule has 0 aliphatic heterocycles. The van der Waals surface area contributed by atoms with Crippen molar-refractivity contribution in [1.29, 1.82) is 0 Å². The van der Waals surface area contributed by atoms with Crippen molar-refractivity contribution in [2.75, 3.05) is 0 Å². The normalized spacial score (nSPS) is 12.0. The molecule has 0 radical (unpaired) electrons. The molecule has 0 unspecified atom stereocenters. The number of fused-ring (bicyclic) bond motifs is 1. The molecule has 0 fully saturated rings. The van der Waals surface area contributed by atoms with E-state index >= 15 is 0 Å². The number of aromatic nitrogens is 4. The van der Waals surface area contributed by atoms with Crippen molar-refractivity contribution in [3.8, 4) is 5.75 Å². The maximum absolute atomic E-state index is 5.72. The fourth-order valence-electron chi connectivity index (χ4n) is 2.13. The predicted molar refractivity (Wildman–Crippen MR) is 85.5 cm³/mol. The molecule has 0 N–H and O–H groups in total. The molecule has 0 saturated carbocycles. The first-order chi connectivity index (χ1) is 10.4. The molecule has 0 bridgehead atoms. The highest BCUT2D eigenvalue weighted by atomic mass is 79.9. The zero-order valence-electron chi connectivity index (χ0n) is 12.7. The first-order valence-electron chi connectivity index (χ1n) is 6.97. The van der Waals surface area contributed by atoms with E-state index in [0.29, 0.717) is 11.6 Å². The lowest BCUT2D eigenvalue weighted by molar-refractivity contribution is 0.262. The van der Waals surface area contributed by atoms with Gasteiger partial charge in [0.25, 0.3) is 0 Å². The maximum atomic E-state index is 5.72. The Bertz CT molecular complexity index is 775. The highest BCUT2D eigenvalue weighted by Gasteiger charge is 2.17. The third-order valence-corrected chi connectivity index (χ3v) is 3.82. The number of nitrogens with zero attached hydrogens (tertiary/aromatic N) is 4. The van der Waals surface area contributed by atoms with Crippen LogP contribution in [0.25, 0.3) is 11.0 Å². The summed E-state index contributed by atoms with van der Waals surface area (Å²) in [5, 5.41) is 8.50. The zero-order chi connectivity index (χ0) is 15.7. The lowest BCUT2D eigenvalue weighted by Crippen LogP contribution is -2.16. The fourth-order valence-corrected chi connectivity index (χ4v) is 2.66. The standard InChI is InChI=1S/C15H17BrN4O2/c1-15(2,3)9-20-10-4-5-11(13(16)14(10)18-19-20)22-8-12-17-6-7-21-12/h4-7H,8-9H2,1-3H3. The predicted octanol–water partition coefficient (Wildman–Crippen LogP) is 3.81. The summed E-state index contributed by atoms with van der Waals surface area (Å²) in [6.07, 6.45) is 3.12. The van der Waals surface area contributed by atoms with Crippen molar-refractivity contribution in [2.45, 2.75) is 33.9 Å². The summed E-state index contributed by atoms with van der Waals surface area (Å²) < 4.78 is 13.6. The van der Waals surface area contributed by atoms with Crippen molar-refractivity contribution in [2.24, 2.45) is 5.41 Å². The van der Waals surface area contributed by atoms with Gasteiger partial charge in [-0.05, 0) is 33.5 Å². The monoisotopic (exact) mass is 364 g/mol. The molecule has 3 aromatic rings. The number of halogens is 1. The summed E-state index contributed by atoms with van der Waals surface area (Å²) >= 11 is 3.55. The molecule has 1 aromatic carbocycles. The number of hydrogen-bond acceptors (Lipinski definition) is 5. The smallest absolute Gasteiger partial charge is 0.232 e. The van der Waals surface area contributed by atoms with E-state index in [9.17, 15) is 0 Å². The SMILES string of the molecule is CC(C)(C)Cn1nnc2c(Br)c(OCc3ncco3)ccc21. The molecular formula is C15H17BrN4O2. The van der Waals surface area contributed by atoms with Gasteiger partial charge in [0.2, 0.25) is 5.89 Å². The van der Waals surface area contributed by atoms with Crippen LogP contribution in [0.5, 0.6) is 5.75 Å². The van der Waals surface area contributed by atoms with E-state index in [-0.39, 0.29) is 12.0 Å². The second kappa shape index (κ2) is 5.72. The van der Waals surface area contributed by atoms with Gasteiger partial charge in [-0.25, -0.2) is 9.67 Å². The second-order valence-electron chi connectivity index (χ2n) is 6.27. The lowest BCUT2D eigenvalue weighted by Gasteiger charge is -2.17. The number of ether oxygens (including phenoxy) is 1. The largest absolute Gasteiger partial charge is 0.483 e. The van der Waals surface area contributed by atoms with Gasteiger partial charge in [0, 0.05) is 6.54 Å². The Labute approximate surface area is 136 Å². The van der Waals surface area contributed by atoms with Gasteiger partial charge in [-0.3, -0.25) is 0 Å². The van der Waals surface area contributed by atoms with Gasteiger partial charge in [-0.1, -0.05) is 26.0 Å². The van der Waals surface area contributed by atoms with Crippen molar-refractivity contribution in [3.05, 3.63) is 35.0 Å². The average molecular weight is 365 g/mol. The quantitative estimate of drug-likeness (QED) is 0.704. The first-order valence-corrected chi connectivity index (χ1v) is 7.76. The van der Waals surface area contributed by atoms with Crippen molar-refractivity contribution in [1.82, 2.24) is 20.0 Å². The summed E-state index contributed by atoms with van der Waals surface area (Å²) in [5.41, 5.74) is 1.90. The number of rotatable bonds is 4. The van der Waals surface area contributed by atoms with Crippen LogP contribution in [-0.4, -0.2) is 20.0 Å². The highest BCUT2D eigenvalue weighted by molar-refractivity contribution is 9.10. The lowest BCUT2D eigenvalue weighted by atomic mass is 9.97. The van der Waals surface area contributed by atoms with Gasteiger partial charge >= 0.3 is 0 Å². The van der Waals surface area contributed by atoms with Gasteiger partial charge in [0.15, 0.2) is 6.61 Å². The van der Waals surface area contributed by atoms with Crippen LogP contribution in [-0.2, 0) is 13.2 Å². The van der Waals surface area contributed by atoms with Crippen LogP contribution in [0.3, 0.4) is 0 Å². The van der Waals surface area contributed by atoms with Crippen LogP contribution in [0, 0.1) is 5.41 Å². The number of hydrogen-bond donors (Lipinski definition) is 0. The molecule has 22 heavy (non-hydrogen) atoms. The molecule has 0 saturated heterocycles. The minimum Gasteiger partial charge on any atom is -0.483 e. The molecule has 0 aliphatic carbocycles. The Morgan fingerprint density at radius 1 is 1.32 bits per heavy atom. The van der Waals surface area contributed by atoms with Crippen molar-refractivity contribution < 1.29 is 9.15 Å². The van der Waals surface area contributed by atoms with E-state index in [0.717, 1.165) is 22.1 Å². The molecule has 0 aliphatic rings. The van der Waals surface area contributed by atoms with Gasteiger partial charge in [0.1, 0.15) is 17.5 Å². The summed E-state index contributed by atoms with van der Waals surface area (Å²) in [7, 11) is 0. The number of benzene rings is 1. The van der Waals surface area contributed by atoms with Crippen molar-refractivity contribution >= 4 is 27.0 Å². The molecule has 0 atom stereocenters. The van der Waals surface area contributed by atoms with Crippen LogP contribution in [0.15, 0.2) is 33.5 Å². The van der Waals surface area contributed by atoms with Crippen LogP contribution in [0.1, 0.15) is 26.7 Å². The van der Waals surface area contributed by atoms with Crippen LogP contribution < -0.4 is 4.74 Å². The van der Waals surface area contributed by atoms with Crippen LogP contribution >= 0.6 is 15.9 Å². The summed E-state index contributed by atoms with van der Waals surface area (Å²) in [6.45, 7) is 7.58. The molecule has 2 aromatic heterocycles. The molecule has 116 valence electrons. The minimum atomic E-state index is 0.132. The van der Waals surface area contributed by atoms with E-state index in [1.54, 1.807) is 6.20 Å². The van der Waals surface area contributed by atoms with E-state index in [4.69, 9.17) is 9.15 Å². The van der Waals surface area contributed by atoms with Crippen LogP contribution in [0.2, 0.25) is 0 Å². The van der Waals surface area contributed by atoms with Gasteiger partial charge < -0.3 is 9.15 Å². The fraction of sp³-hybridized carbons (Fsp3) is 0.400. The van der Waals surface area contributed by atoms with E-state index in [1.165, 1.54) is 6.26 Å². The zero-order valence-corrected chi connectivity index (χ0v) is 14.3. The highest BCUT2D eigenvalue weighted by Crippen LogP contribution is 2.33. The van der Waals surface area contributed by atoms with Gasteiger partial charge in [-0.15, -0.1) is 5.10 Å². The Kier molecular flexibility index (Phi) is 3.90. The minimum absolute atomic E-state index is 0.132. The summed E-state index contributed by atoms with van der Waals surface area (Å²) in [5.74, 6) is 1.22. The molecule has 7 heteroatoms. The molecule has 6 nitrogen and oxygen atoms in total. The molecule has 2 heterocycles. The van der Waals surface area contributed by atoms with Crippen LogP contribution in [0.4, 0.5) is 0 Å². The van der Waals surface area contributed by atoms with Gasteiger partial charge in [0.05, 0.1) is 16.2 Å². The Morgan fingerprint density at radius 3 is 2.82 bits per heavy atom. The Morgan fingerprint density at radius 2 is 2.14 bits per heavy atom. The average Bonchev–Trinajstić information content (AvgIpc) is 3.07. The third kappa shape index (κ3) is 3.14. The number of oxazole rings is 1.